The molecule has 1 heterocycles. The van der Waals surface area contributed by atoms with E-state index >= 15 is 0 Å². The molecule has 1 aliphatic heterocycles. The van der Waals surface area contributed by atoms with Crippen molar-refractivity contribution in [3.63, 3.8) is 0 Å². The summed E-state index contributed by atoms with van der Waals surface area (Å²) in [4.78, 5) is 0. The smallest absolute Gasteiger partial charge is 0.422 e. The highest BCUT2D eigenvalue weighted by molar-refractivity contribution is 5.21. The second kappa shape index (κ2) is 5.25. The van der Waals surface area contributed by atoms with Crippen molar-refractivity contribution in [2.45, 2.75) is 41.9 Å². The first-order valence-electron chi connectivity index (χ1n) is 5.35. The Morgan fingerprint density at radius 3 is 1.40 bits per heavy atom. The van der Waals surface area contributed by atoms with Crippen LogP contribution in [0.5, 0.6) is 0 Å². The van der Waals surface area contributed by atoms with Gasteiger partial charge in [0.2, 0.25) is 12.0 Å². The molecule has 0 aromatic rings. The van der Waals surface area contributed by atoms with Crippen LogP contribution in [0.15, 0.2) is 11.8 Å². The molecule has 0 fully saturated rings. The van der Waals surface area contributed by atoms with Gasteiger partial charge in [0.15, 0.2) is 0 Å². The van der Waals surface area contributed by atoms with Gasteiger partial charge >= 0.3 is 41.7 Å². The van der Waals surface area contributed by atoms with Crippen molar-refractivity contribution in [3.05, 3.63) is 11.8 Å². The molecular formula is C9HF15O. The van der Waals surface area contributed by atoms with Crippen LogP contribution in [0.3, 0.4) is 0 Å². The fourth-order valence-corrected chi connectivity index (χ4v) is 1.50. The van der Waals surface area contributed by atoms with Crippen molar-refractivity contribution in [2.24, 2.45) is 0 Å². The van der Waals surface area contributed by atoms with Crippen molar-refractivity contribution in [3.8, 4) is 0 Å². The first-order chi connectivity index (χ1) is 10.7. The van der Waals surface area contributed by atoms with Crippen LogP contribution in [0.4, 0.5) is 65.9 Å². The molecule has 0 aromatic carbocycles. The summed E-state index contributed by atoms with van der Waals surface area (Å²) in [6.45, 7) is 0. The first-order valence-corrected chi connectivity index (χ1v) is 5.35. The van der Waals surface area contributed by atoms with Crippen LogP contribution in [-0.2, 0) is 4.74 Å². The lowest BCUT2D eigenvalue weighted by Crippen LogP contribution is -2.72. The lowest BCUT2D eigenvalue weighted by Gasteiger charge is -2.40. The zero-order valence-corrected chi connectivity index (χ0v) is 10.7. The van der Waals surface area contributed by atoms with Crippen molar-refractivity contribution in [1.29, 1.82) is 0 Å². The molecule has 148 valence electrons. The summed E-state index contributed by atoms with van der Waals surface area (Å²) >= 11 is 0. The second-order valence-corrected chi connectivity index (χ2v) is 4.53. The van der Waals surface area contributed by atoms with Crippen LogP contribution in [0.1, 0.15) is 0 Å². The first kappa shape index (κ1) is 21.5. The SMILES string of the molecule is FC1=C(F)C(F)C(F)(C(F)(F)C(F)(F)C(F)(F)C(F)(F)C(F)(F)F)O1. The van der Waals surface area contributed by atoms with Gasteiger partial charge in [-0.3, -0.25) is 0 Å². The molecule has 2 atom stereocenters. The van der Waals surface area contributed by atoms with Gasteiger partial charge in [-0.15, -0.1) is 0 Å². The molecule has 0 spiro atoms. The molecule has 2 unspecified atom stereocenters. The summed E-state index contributed by atoms with van der Waals surface area (Å²) in [7, 11) is 0. The average molecular weight is 410 g/mol. The van der Waals surface area contributed by atoms with Gasteiger partial charge < -0.3 is 4.74 Å². The summed E-state index contributed by atoms with van der Waals surface area (Å²) in [6, 6.07) is -3.27. The van der Waals surface area contributed by atoms with Crippen LogP contribution < -0.4 is 0 Å². The summed E-state index contributed by atoms with van der Waals surface area (Å²) in [5, 5.41) is 0. The molecule has 1 rings (SSSR count). The Labute approximate surface area is 126 Å². The Hall–Kier alpha value is -1.51. The number of hydrogen-bond acceptors (Lipinski definition) is 1. The molecule has 1 aliphatic rings. The van der Waals surface area contributed by atoms with Crippen molar-refractivity contribution >= 4 is 0 Å². The molecule has 0 N–H and O–H groups in total. The van der Waals surface area contributed by atoms with E-state index in [1.54, 1.807) is 0 Å². The number of ether oxygens (including phenoxy) is 1. The summed E-state index contributed by atoms with van der Waals surface area (Å²) in [5.41, 5.74) is 0. The minimum Gasteiger partial charge on any atom is -0.422 e. The standard InChI is InChI=1S/C9HF15O/c10-1-2(11)4(13,25-3(1)12)5(14,15)6(16,17)7(18,19)8(20,21)9(22,23)24/h2H. The zero-order chi connectivity index (χ0) is 20.4. The monoisotopic (exact) mass is 410 g/mol. The van der Waals surface area contributed by atoms with Gasteiger partial charge in [0.1, 0.15) is 0 Å². The van der Waals surface area contributed by atoms with Crippen LogP contribution in [0.25, 0.3) is 0 Å². The predicted octanol–water partition coefficient (Wildman–Crippen LogP) is 5.23. The highest BCUT2D eigenvalue weighted by atomic mass is 19.4. The van der Waals surface area contributed by atoms with Gasteiger partial charge in [-0.2, -0.15) is 57.1 Å². The summed E-state index contributed by atoms with van der Waals surface area (Å²) in [6.07, 6.45) is -12.4. The molecule has 16 heteroatoms. The third-order valence-electron chi connectivity index (χ3n) is 2.94. The molecule has 0 saturated heterocycles. The van der Waals surface area contributed by atoms with E-state index < -0.39 is 53.7 Å². The minimum absolute atomic E-state index is 2.42. The van der Waals surface area contributed by atoms with E-state index in [1.807, 2.05) is 0 Å². The van der Waals surface area contributed by atoms with Gasteiger partial charge in [0.05, 0.1) is 0 Å². The Kier molecular flexibility index (Phi) is 4.52. The maximum Gasteiger partial charge on any atom is 0.460 e. The molecule has 0 aromatic heterocycles. The number of alkyl halides is 13. The third kappa shape index (κ3) is 2.42. The predicted molar refractivity (Wildman–Crippen MR) is 44.9 cm³/mol. The Morgan fingerprint density at radius 2 is 1.12 bits per heavy atom. The largest absolute Gasteiger partial charge is 0.460 e. The molecule has 1 nitrogen and oxygen atoms in total. The minimum atomic E-state index is -8.08. The zero-order valence-electron chi connectivity index (χ0n) is 10.7. The fraction of sp³-hybridized carbons (Fsp3) is 0.778. The maximum atomic E-state index is 13.5. The highest BCUT2D eigenvalue weighted by Gasteiger charge is 2.92. The van der Waals surface area contributed by atoms with Crippen LogP contribution in [0.2, 0.25) is 0 Å². The Morgan fingerprint density at radius 1 is 0.720 bits per heavy atom. The van der Waals surface area contributed by atoms with Gasteiger partial charge in [-0.25, -0.2) is 8.78 Å². The maximum absolute atomic E-state index is 13.5. The van der Waals surface area contributed by atoms with Crippen molar-refractivity contribution < 1.29 is 70.6 Å². The van der Waals surface area contributed by atoms with Gasteiger partial charge in [0, 0.05) is 0 Å². The normalized spacial score (nSPS) is 26.9. The highest BCUT2D eigenvalue weighted by Crippen LogP contribution is 2.62. The van der Waals surface area contributed by atoms with Crippen molar-refractivity contribution in [1.82, 2.24) is 0 Å². The fourth-order valence-electron chi connectivity index (χ4n) is 1.50. The second-order valence-electron chi connectivity index (χ2n) is 4.53. The topological polar surface area (TPSA) is 9.23 Å². The Balaban J connectivity index is 3.51. The summed E-state index contributed by atoms with van der Waals surface area (Å²) < 4.78 is 193. The van der Waals surface area contributed by atoms with Gasteiger partial charge in [-0.05, 0) is 0 Å². The lowest BCUT2D eigenvalue weighted by molar-refractivity contribution is -0.448. The van der Waals surface area contributed by atoms with Crippen LogP contribution >= 0.6 is 0 Å². The van der Waals surface area contributed by atoms with E-state index in [4.69, 9.17) is 0 Å². The van der Waals surface area contributed by atoms with E-state index in [9.17, 15) is 65.9 Å². The van der Waals surface area contributed by atoms with Gasteiger partial charge in [0.25, 0.3) is 0 Å². The van der Waals surface area contributed by atoms with Crippen LogP contribution in [0, 0.1) is 0 Å². The van der Waals surface area contributed by atoms with E-state index in [-0.39, 0.29) is 0 Å². The molecule has 0 radical (unpaired) electrons. The van der Waals surface area contributed by atoms with E-state index in [2.05, 4.69) is 4.74 Å². The quantitative estimate of drug-likeness (QED) is 0.577. The number of hydrogen-bond donors (Lipinski definition) is 0. The molecule has 0 aliphatic carbocycles. The van der Waals surface area contributed by atoms with Crippen molar-refractivity contribution in [2.75, 3.05) is 0 Å². The molecule has 25 heavy (non-hydrogen) atoms. The molecular weight excluding hydrogens is 409 g/mol. The summed E-state index contributed by atoms with van der Waals surface area (Å²) in [5.74, 6) is -41.2. The molecule has 0 saturated carbocycles. The van der Waals surface area contributed by atoms with Crippen LogP contribution in [-0.4, -0.2) is 41.9 Å². The average Bonchev–Trinajstić information content (AvgIpc) is 2.61. The van der Waals surface area contributed by atoms with E-state index in [0.717, 1.165) is 0 Å². The molecule has 0 amide bonds. The van der Waals surface area contributed by atoms with E-state index in [0.29, 0.717) is 0 Å². The molecule has 0 bridgehead atoms. The number of halogens is 15. The van der Waals surface area contributed by atoms with E-state index in [1.165, 1.54) is 0 Å². The Bertz CT molecular complexity index is 574. The third-order valence-corrected chi connectivity index (χ3v) is 2.94. The van der Waals surface area contributed by atoms with Gasteiger partial charge in [-0.1, -0.05) is 0 Å². The number of rotatable bonds is 4. The lowest BCUT2D eigenvalue weighted by atomic mass is 9.91.